The van der Waals surface area contributed by atoms with Gasteiger partial charge in [0.2, 0.25) is 0 Å². The Morgan fingerprint density at radius 3 is 2.88 bits per heavy atom. The molecule has 17 heavy (non-hydrogen) atoms. The molecule has 1 atom stereocenters. The Morgan fingerprint density at radius 2 is 2.24 bits per heavy atom. The van der Waals surface area contributed by atoms with E-state index in [0.29, 0.717) is 12.5 Å². The molecule has 0 saturated carbocycles. The van der Waals surface area contributed by atoms with Gasteiger partial charge in [0.05, 0.1) is 0 Å². The molecule has 3 heteroatoms. The van der Waals surface area contributed by atoms with Gasteiger partial charge >= 0.3 is 0 Å². The van der Waals surface area contributed by atoms with Gasteiger partial charge in [0.1, 0.15) is 0 Å². The zero-order chi connectivity index (χ0) is 12.5. The molecule has 1 aromatic rings. The van der Waals surface area contributed by atoms with Crippen molar-refractivity contribution in [1.82, 2.24) is 0 Å². The molecule has 1 aliphatic heterocycles. The second kappa shape index (κ2) is 4.99. The van der Waals surface area contributed by atoms with Crippen LogP contribution in [0.2, 0.25) is 0 Å². The van der Waals surface area contributed by atoms with Crippen LogP contribution in [0.25, 0.3) is 0 Å². The van der Waals surface area contributed by atoms with Crippen molar-refractivity contribution in [2.45, 2.75) is 32.2 Å². The van der Waals surface area contributed by atoms with Crippen LogP contribution in [0.3, 0.4) is 0 Å². The van der Waals surface area contributed by atoms with Crippen LogP contribution in [0.5, 0.6) is 0 Å². The van der Waals surface area contributed by atoms with Crippen molar-refractivity contribution in [3.8, 4) is 0 Å². The summed E-state index contributed by atoms with van der Waals surface area (Å²) >= 11 is 3.53. The average molecular weight is 298 g/mol. The Balaban J connectivity index is 2.20. The van der Waals surface area contributed by atoms with Gasteiger partial charge in [0.15, 0.2) is 0 Å². The number of halogens is 1. The minimum absolute atomic E-state index is 0.181. The summed E-state index contributed by atoms with van der Waals surface area (Å²) in [5.74, 6) is 0.606. The number of aliphatic hydroxyl groups is 1. The fourth-order valence-corrected chi connectivity index (χ4v) is 3.25. The van der Waals surface area contributed by atoms with Crippen molar-refractivity contribution >= 4 is 21.6 Å². The van der Waals surface area contributed by atoms with E-state index in [1.807, 2.05) is 0 Å². The molecule has 0 aromatic heterocycles. The predicted molar refractivity (Wildman–Crippen MR) is 75.4 cm³/mol. The number of nitrogens with zero attached hydrogens (tertiary/aromatic N) is 1. The van der Waals surface area contributed by atoms with Gasteiger partial charge in [0, 0.05) is 28.9 Å². The molecule has 0 spiro atoms. The third-order valence-electron chi connectivity index (χ3n) is 3.62. The van der Waals surface area contributed by atoms with Crippen molar-refractivity contribution in [3.05, 3.63) is 28.7 Å². The van der Waals surface area contributed by atoms with Gasteiger partial charge in [-0.15, -0.1) is 0 Å². The molecule has 2 nitrogen and oxygen atoms in total. The van der Waals surface area contributed by atoms with Crippen molar-refractivity contribution in [2.24, 2.45) is 5.92 Å². The fraction of sp³-hybridized carbons (Fsp3) is 0.571. The molecule has 1 fully saturated rings. The van der Waals surface area contributed by atoms with Crippen molar-refractivity contribution in [3.63, 3.8) is 0 Å². The summed E-state index contributed by atoms with van der Waals surface area (Å²) in [6.07, 6.45) is 2.06. The SMILES string of the molecule is CC1(C)CC(CCO)CN1c1cccc(Br)c1. The highest BCUT2D eigenvalue weighted by atomic mass is 79.9. The second-order valence-corrected chi connectivity index (χ2v) is 6.40. The van der Waals surface area contributed by atoms with Gasteiger partial charge in [-0.05, 0) is 50.8 Å². The number of benzene rings is 1. The van der Waals surface area contributed by atoms with Crippen molar-refractivity contribution in [2.75, 3.05) is 18.1 Å². The molecule has 1 aromatic carbocycles. The molecule has 1 aliphatic rings. The molecule has 1 unspecified atom stereocenters. The summed E-state index contributed by atoms with van der Waals surface area (Å²) in [4.78, 5) is 2.46. The quantitative estimate of drug-likeness (QED) is 0.924. The molecule has 0 amide bonds. The highest BCUT2D eigenvalue weighted by Crippen LogP contribution is 2.38. The monoisotopic (exact) mass is 297 g/mol. The normalized spacial score (nSPS) is 23.1. The molecule has 2 rings (SSSR count). The van der Waals surface area contributed by atoms with Gasteiger partial charge in [-0.3, -0.25) is 0 Å². The minimum Gasteiger partial charge on any atom is -0.396 e. The van der Waals surface area contributed by atoms with Crippen LogP contribution in [-0.4, -0.2) is 23.8 Å². The maximum absolute atomic E-state index is 9.07. The van der Waals surface area contributed by atoms with E-state index in [9.17, 15) is 0 Å². The predicted octanol–water partition coefficient (Wildman–Crippen LogP) is 3.44. The lowest BCUT2D eigenvalue weighted by Gasteiger charge is -2.33. The van der Waals surface area contributed by atoms with E-state index in [2.05, 4.69) is 58.9 Å². The Morgan fingerprint density at radius 1 is 1.47 bits per heavy atom. The first kappa shape index (κ1) is 12.9. The number of anilines is 1. The summed E-state index contributed by atoms with van der Waals surface area (Å²) in [6.45, 7) is 5.91. The zero-order valence-corrected chi connectivity index (χ0v) is 12.1. The van der Waals surface area contributed by atoms with E-state index < -0.39 is 0 Å². The van der Waals surface area contributed by atoms with Crippen molar-refractivity contribution in [1.29, 1.82) is 0 Å². The summed E-state index contributed by atoms with van der Waals surface area (Å²) in [6, 6.07) is 8.46. The van der Waals surface area contributed by atoms with Crippen LogP contribution >= 0.6 is 15.9 Å². The fourth-order valence-electron chi connectivity index (χ4n) is 2.86. The van der Waals surface area contributed by atoms with Gasteiger partial charge in [-0.1, -0.05) is 22.0 Å². The van der Waals surface area contributed by atoms with E-state index in [-0.39, 0.29) is 5.54 Å². The maximum Gasteiger partial charge on any atom is 0.0434 e. The van der Waals surface area contributed by atoms with Crippen LogP contribution in [0.1, 0.15) is 26.7 Å². The van der Waals surface area contributed by atoms with Crippen molar-refractivity contribution < 1.29 is 5.11 Å². The topological polar surface area (TPSA) is 23.5 Å². The number of rotatable bonds is 3. The van der Waals surface area contributed by atoms with Crippen LogP contribution in [0.15, 0.2) is 28.7 Å². The first-order chi connectivity index (χ1) is 8.03. The smallest absolute Gasteiger partial charge is 0.0434 e. The van der Waals surface area contributed by atoms with Gasteiger partial charge in [-0.25, -0.2) is 0 Å². The number of aliphatic hydroxyl groups excluding tert-OH is 1. The standard InChI is InChI=1S/C14H20BrNO/c1-14(2)9-11(6-7-17)10-16(14)13-5-3-4-12(15)8-13/h3-5,8,11,17H,6-7,9-10H2,1-2H3. The molecular formula is C14H20BrNO. The molecule has 0 aliphatic carbocycles. The summed E-state index contributed by atoms with van der Waals surface area (Å²) in [5, 5.41) is 9.07. The Kier molecular flexibility index (Phi) is 3.79. The van der Waals surface area contributed by atoms with E-state index in [4.69, 9.17) is 5.11 Å². The van der Waals surface area contributed by atoms with Crippen LogP contribution in [0, 0.1) is 5.92 Å². The third kappa shape index (κ3) is 2.83. The molecule has 0 radical (unpaired) electrons. The highest BCUT2D eigenvalue weighted by Gasteiger charge is 2.37. The Bertz CT molecular complexity index is 392. The maximum atomic E-state index is 9.07. The minimum atomic E-state index is 0.181. The molecule has 1 N–H and O–H groups in total. The molecule has 0 bridgehead atoms. The van der Waals surface area contributed by atoms with Gasteiger partial charge in [-0.2, -0.15) is 0 Å². The molecule has 1 saturated heterocycles. The number of hydrogen-bond acceptors (Lipinski definition) is 2. The number of hydrogen-bond donors (Lipinski definition) is 1. The summed E-state index contributed by atoms with van der Waals surface area (Å²) in [5.41, 5.74) is 1.45. The van der Waals surface area contributed by atoms with E-state index in [1.165, 1.54) is 5.69 Å². The van der Waals surface area contributed by atoms with Crippen LogP contribution < -0.4 is 4.90 Å². The first-order valence-corrected chi connectivity index (χ1v) is 6.96. The average Bonchev–Trinajstić information content (AvgIpc) is 2.54. The third-order valence-corrected chi connectivity index (χ3v) is 4.11. The molecular weight excluding hydrogens is 278 g/mol. The lowest BCUT2D eigenvalue weighted by molar-refractivity contribution is 0.259. The molecule has 1 heterocycles. The highest BCUT2D eigenvalue weighted by molar-refractivity contribution is 9.10. The van der Waals surface area contributed by atoms with Crippen LogP contribution in [0.4, 0.5) is 5.69 Å². The van der Waals surface area contributed by atoms with Crippen LogP contribution in [-0.2, 0) is 0 Å². The van der Waals surface area contributed by atoms with Gasteiger partial charge in [0.25, 0.3) is 0 Å². The van der Waals surface area contributed by atoms with E-state index in [0.717, 1.165) is 23.9 Å². The Labute approximate surface area is 112 Å². The van der Waals surface area contributed by atoms with Gasteiger partial charge < -0.3 is 10.0 Å². The lowest BCUT2D eigenvalue weighted by atomic mass is 9.94. The Hall–Kier alpha value is -0.540. The summed E-state index contributed by atoms with van der Waals surface area (Å²) < 4.78 is 1.12. The molecule has 94 valence electrons. The van der Waals surface area contributed by atoms with E-state index >= 15 is 0 Å². The second-order valence-electron chi connectivity index (χ2n) is 5.49. The zero-order valence-electron chi connectivity index (χ0n) is 10.5. The largest absolute Gasteiger partial charge is 0.396 e. The summed E-state index contributed by atoms with van der Waals surface area (Å²) in [7, 11) is 0. The lowest BCUT2D eigenvalue weighted by Crippen LogP contribution is -2.38. The first-order valence-electron chi connectivity index (χ1n) is 6.17. The van der Waals surface area contributed by atoms with E-state index in [1.54, 1.807) is 0 Å².